The summed E-state index contributed by atoms with van der Waals surface area (Å²) in [5.74, 6) is 0.328. The molecule has 0 radical (unpaired) electrons. The van der Waals surface area contributed by atoms with Crippen molar-refractivity contribution in [2.45, 2.75) is 37.6 Å². The normalized spacial score (nSPS) is 12.2. The van der Waals surface area contributed by atoms with Crippen LogP contribution in [0.15, 0.2) is 58.4 Å². The van der Waals surface area contributed by atoms with Gasteiger partial charge in [-0.15, -0.1) is 24.0 Å². The van der Waals surface area contributed by atoms with Gasteiger partial charge in [0.05, 0.1) is 11.4 Å². The van der Waals surface area contributed by atoms with Gasteiger partial charge in [-0.1, -0.05) is 38.1 Å². The first kappa shape index (κ1) is 25.3. The van der Waals surface area contributed by atoms with Crippen LogP contribution in [0.4, 0.5) is 4.39 Å². The maximum Gasteiger partial charge on any atom is 0.238 e. The Balaban J connectivity index is 0.00000420. The minimum Gasteiger partial charge on any atom is -0.357 e. The van der Waals surface area contributed by atoms with E-state index in [1.165, 1.54) is 24.3 Å². The van der Waals surface area contributed by atoms with Gasteiger partial charge in [-0.05, 0) is 42.3 Å². The Bertz CT molecular complexity index is 949. The van der Waals surface area contributed by atoms with Gasteiger partial charge in [-0.3, -0.25) is 0 Å². The molecule has 0 fully saturated rings. The van der Waals surface area contributed by atoms with Crippen LogP contribution < -0.4 is 15.8 Å². The quantitative estimate of drug-likeness (QED) is 0.289. The molecule has 6 nitrogen and oxygen atoms in total. The molecule has 2 rings (SSSR count). The molecule has 0 spiro atoms. The lowest BCUT2D eigenvalue weighted by Crippen LogP contribution is -2.43. The number of rotatable bonds is 7. The van der Waals surface area contributed by atoms with E-state index in [9.17, 15) is 12.8 Å². The molecule has 0 bridgehead atoms. The summed E-state index contributed by atoms with van der Waals surface area (Å²) in [6.45, 7) is 7.50. The molecular weight excluding hydrogens is 506 g/mol. The number of halogens is 2. The van der Waals surface area contributed by atoms with Gasteiger partial charge in [0.2, 0.25) is 10.0 Å². The van der Waals surface area contributed by atoms with Gasteiger partial charge in [0.15, 0.2) is 5.96 Å². The van der Waals surface area contributed by atoms with E-state index in [1.54, 1.807) is 18.2 Å². The van der Waals surface area contributed by atoms with E-state index in [0.717, 1.165) is 11.1 Å². The molecule has 0 saturated carbocycles. The van der Waals surface area contributed by atoms with Crippen LogP contribution in [0.5, 0.6) is 0 Å². The van der Waals surface area contributed by atoms with Crippen molar-refractivity contribution in [2.24, 2.45) is 10.1 Å². The number of sulfonamides is 1. The molecule has 29 heavy (non-hydrogen) atoms. The monoisotopic (exact) mass is 534 g/mol. The van der Waals surface area contributed by atoms with Gasteiger partial charge in [0.25, 0.3) is 0 Å². The highest BCUT2D eigenvalue weighted by atomic mass is 127. The maximum atomic E-state index is 13.5. The number of primary sulfonamides is 1. The predicted molar refractivity (Wildman–Crippen MR) is 125 cm³/mol. The minimum atomic E-state index is -3.75. The third-order valence-electron chi connectivity index (χ3n) is 4.29. The molecule has 0 aromatic heterocycles. The van der Waals surface area contributed by atoms with Crippen LogP contribution in [0.25, 0.3) is 0 Å². The number of hydrogen-bond acceptors (Lipinski definition) is 3. The summed E-state index contributed by atoms with van der Waals surface area (Å²) in [5.41, 5.74) is 1.30. The summed E-state index contributed by atoms with van der Waals surface area (Å²) in [6, 6.07) is 12.9. The van der Waals surface area contributed by atoms with E-state index in [1.807, 2.05) is 26.8 Å². The SMILES string of the molecule is CCNC(=NCc1cccc(S(N)(=O)=O)c1)NCC(C)(C)c1cccc(F)c1.I. The topological polar surface area (TPSA) is 96.6 Å². The third kappa shape index (κ3) is 7.90. The average molecular weight is 534 g/mol. The molecule has 160 valence electrons. The van der Waals surface area contributed by atoms with E-state index in [-0.39, 0.29) is 40.1 Å². The van der Waals surface area contributed by atoms with Crippen LogP contribution in [0.2, 0.25) is 0 Å². The van der Waals surface area contributed by atoms with Crippen LogP contribution >= 0.6 is 24.0 Å². The maximum absolute atomic E-state index is 13.5. The van der Waals surface area contributed by atoms with Crippen molar-refractivity contribution < 1.29 is 12.8 Å². The minimum absolute atomic E-state index is 0. The van der Waals surface area contributed by atoms with Gasteiger partial charge in [-0.25, -0.2) is 22.9 Å². The Morgan fingerprint density at radius 1 is 1.14 bits per heavy atom. The van der Waals surface area contributed by atoms with Crippen molar-refractivity contribution in [3.63, 3.8) is 0 Å². The molecule has 0 amide bonds. The average Bonchev–Trinajstić information content (AvgIpc) is 2.63. The Morgan fingerprint density at radius 3 is 2.45 bits per heavy atom. The Labute approximate surface area is 189 Å². The van der Waals surface area contributed by atoms with E-state index < -0.39 is 10.0 Å². The molecule has 2 aromatic carbocycles. The first-order valence-corrected chi connectivity index (χ1v) is 10.6. The smallest absolute Gasteiger partial charge is 0.238 e. The molecule has 0 heterocycles. The highest BCUT2D eigenvalue weighted by molar-refractivity contribution is 14.0. The highest BCUT2D eigenvalue weighted by Gasteiger charge is 2.21. The van der Waals surface area contributed by atoms with Crippen molar-refractivity contribution in [3.8, 4) is 0 Å². The number of guanidine groups is 1. The molecular formula is C20H28FIN4O2S. The standard InChI is InChI=1S/C20H27FN4O2S.HI/c1-4-23-19(24-13-15-7-5-10-18(11-15)28(22,26)27)25-14-20(2,3)16-8-6-9-17(21)12-16;/h5-12H,4,13-14H2,1-3H3,(H2,22,26,27)(H2,23,24,25);1H. The fraction of sp³-hybridized carbons (Fsp3) is 0.350. The van der Waals surface area contributed by atoms with Crippen molar-refractivity contribution in [2.75, 3.05) is 13.1 Å². The van der Waals surface area contributed by atoms with Gasteiger partial charge in [0, 0.05) is 18.5 Å². The predicted octanol–water partition coefficient (Wildman–Crippen LogP) is 3.12. The molecule has 0 aliphatic rings. The van der Waals surface area contributed by atoms with Crippen molar-refractivity contribution in [1.82, 2.24) is 10.6 Å². The zero-order chi connectivity index (χ0) is 20.8. The molecule has 0 atom stereocenters. The lowest BCUT2D eigenvalue weighted by Gasteiger charge is -2.27. The van der Waals surface area contributed by atoms with E-state index in [0.29, 0.717) is 25.6 Å². The second-order valence-corrected chi connectivity index (χ2v) is 8.70. The van der Waals surface area contributed by atoms with Gasteiger partial charge in [-0.2, -0.15) is 0 Å². The van der Waals surface area contributed by atoms with Crippen molar-refractivity contribution in [1.29, 1.82) is 0 Å². The summed E-state index contributed by atoms with van der Waals surface area (Å²) in [4.78, 5) is 4.57. The highest BCUT2D eigenvalue weighted by Crippen LogP contribution is 2.22. The molecule has 0 aliphatic heterocycles. The van der Waals surface area contributed by atoms with Gasteiger partial charge in [0.1, 0.15) is 5.82 Å². The lowest BCUT2D eigenvalue weighted by molar-refractivity contribution is 0.503. The molecule has 0 unspecified atom stereocenters. The summed E-state index contributed by atoms with van der Waals surface area (Å²) < 4.78 is 36.5. The fourth-order valence-electron chi connectivity index (χ4n) is 2.65. The number of nitrogens with zero attached hydrogens (tertiary/aromatic N) is 1. The fourth-order valence-corrected chi connectivity index (χ4v) is 3.23. The molecule has 9 heteroatoms. The summed E-state index contributed by atoms with van der Waals surface area (Å²) in [5, 5.41) is 11.6. The van der Waals surface area contributed by atoms with Crippen molar-refractivity contribution >= 4 is 40.0 Å². The summed E-state index contributed by atoms with van der Waals surface area (Å²) in [7, 11) is -3.75. The third-order valence-corrected chi connectivity index (χ3v) is 5.21. The molecule has 0 saturated heterocycles. The number of hydrogen-bond donors (Lipinski definition) is 3. The van der Waals surface area contributed by atoms with Crippen molar-refractivity contribution in [3.05, 3.63) is 65.5 Å². The first-order valence-electron chi connectivity index (χ1n) is 9.02. The van der Waals surface area contributed by atoms with Gasteiger partial charge < -0.3 is 10.6 Å². The zero-order valence-electron chi connectivity index (χ0n) is 16.8. The largest absolute Gasteiger partial charge is 0.357 e. The van der Waals surface area contributed by atoms with Crippen LogP contribution in [0.1, 0.15) is 31.9 Å². The first-order chi connectivity index (χ1) is 13.1. The number of aliphatic imine (C=N–C) groups is 1. The zero-order valence-corrected chi connectivity index (χ0v) is 19.9. The Kier molecular flexibility index (Phi) is 9.50. The molecule has 4 N–H and O–H groups in total. The van der Waals surface area contributed by atoms with E-state index >= 15 is 0 Å². The number of benzene rings is 2. The van der Waals surface area contributed by atoms with Crippen LogP contribution in [-0.2, 0) is 22.0 Å². The molecule has 0 aliphatic carbocycles. The van der Waals surface area contributed by atoms with E-state index in [4.69, 9.17) is 5.14 Å². The number of nitrogens with one attached hydrogen (secondary N) is 2. The van der Waals surface area contributed by atoms with Crippen LogP contribution in [0.3, 0.4) is 0 Å². The Morgan fingerprint density at radius 2 is 1.83 bits per heavy atom. The Hall–Kier alpha value is -1.72. The second kappa shape index (κ2) is 10.9. The van der Waals surface area contributed by atoms with Crippen LogP contribution in [-0.4, -0.2) is 27.5 Å². The summed E-state index contributed by atoms with van der Waals surface area (Å²) in [6.07, 6.45) is 0. The van der Waals surface area contributed by atoms with E-state index in [2.05, 4.69) is 15.6 Å². The van der Waals surface area contributed by atoms with Gasteiger partial charge >= 0.3 is 0 Å². The lowest BCUT2D eigenvalue weighted by atomic mass is 9.84. The summed E-state index contributed by atoms with van der Waals surface area (Å²) >= 11 is 0. The second-order valence-electron chi connectivity index (χ2n) is 7.14. The van der Waals surface area contributed by atoms with Crippen LogP contribution in [0, 0.1) is 5.82 Å². The molecule has 2 aromatic rings. The number of nitrogens with two attached hydrogens (primary N) is 1.